The number of halogens is 4. The van der Waals surface area contributed by atoms with E-state index in [2.05, 4.69) is 26.0 Å². The van der Waals surface area contributed by atoms with Crippen LogP contribution in [0.4, 0.5) is 17.6 Å². The van der Waals surface area contributed by atoms with Gasteiger partial charge in [-0.1, -0.05) is 74.4 Å². The van der Waals surface area contributed by atoms with Crippen LogP contribution in [0.25, 0.3) is 0 Å². The summed E-state index contributed by atoms with van der Waals surface area (Å²) in [5, 5.41) is 11.8. The highest BCUT2D eigenvalue weighted by molar-refractivity contribution is 5.42. The molecule has 8 heteroatoms. The van der Waals surface area contributed by atoms with E-state index in [0.29, 0.717) is 45.5 Å². The molecule has 1 saturated heterocycles. The van der Waals surface area contributed by atoms with Crippen LogP contribution in [0.3, 0.4) is 0 Å². The van der Waals surface area contributed by atoms with E-state index in [-0.39, 0.29) is 29.6 Å². The lowest BCUT2D eigenvalue weighted by Crippen LogP contribution is -2.61. The van der Waals surface area contributed by atoms with Crippen molar-refractivity contribution in [1.82, 2.24) is 0 Å². The Labute approximate surface area is 282 Å². The molecule has 4 aliphatic carbocycles. The predicted molar refractivity (Wildman–Crippen MR) is 176 cm³/mol. The molecule has 2 aromatic rings. The zero-order valence-electron chi connectivity index (χ0n) is 28.6. The monoisotopic (exact) mass is 670 g/mol. The molecule has 3 saturated carbocycles. The molecule has 2 aromatic carbocycles. The molecule has 7 rings (SSSR count). The lowest BCUT2D eigenvalue weighted by atomic mass is 9.45. The Balaban J connectivity index is 1.22. The van der Waals surface area contributed by atoms with Gasteiger partial charge in [0.05, 0.1) is 19.3 Å². The van der Waals surface area contributed by atoms with Crippen molar-refractivity contribution >= 4 is 0 Å². The summed E-state index contributed by atoms with van der Waals surface area (Å²) in [7, 11) is 0. The Hall–Kier alpha value is -2.42. The van der Waals surface area contributed by atoms with E-state index >= 15 is 4.39 Å². The number of allylic oxidation sites excluding steroid dienone is 2. The highest BCUT2D eigenvalue weighted by atomic mass is 19.4. The summed E-state index contributed by atoms with van der Waals surface area (Å²) in [6.45, 7) is 8.64. The summed E-state index contributed by atoms with van der Waals surface area (Å²) in [6, 6.07) is 18.0. The van der Waals surface area contributed by atoms with Gasteiger partial charge in [-0.3, -0.25) is 0 Å². The van der Waals surface area contributed by atoms with E-state index in [0.717, 1.165) is 49.0 Å². The van der Waals surface area contributed by atoms with Gasteiger partial charge < -0.3 is 19.3 Å². The molecule has 262 valence electrons. The topological polar surface area (TPSA) is 47.9 Å². The fourth-order valence-corrected chi connectivity index (χ4v) is 10.1. The number of hydrogen-bond acceptors (Lipinski definition) is 4. The first kappa shape index (κ1) is 34.0. The van der Waals surface area contributed by atoms with Crippen molar-refractivity contribution in [2.45, 2.75) is 115 Å². The standard InChI is InChI=1S/C40H50F4O4/c1-36(2)23-47-39(48-24-36)19-18-29-27(20-39)12-15-30-32-16-17-33(38(4,41)40(42,43)44)35(45)37(32,3)21-31(34(29)30)26-10-13-28(14-11-26)46-22-25-8-6-5-7-9-25/h5-11,13-14,27,30-33,35,45H,12,15-24H2,1-4H3/t27?,30?,31-,32?,33-,35?,37?,38?/m1/s1. The number of benzene rings is 2. The summed E-state index contributed by atoms with van der Waals surface area (Å²) in [5.74, 6) is -0.995. The van der Waals surface area contributed by atoms with Crippen LogP contribution in [0.5, 0.6) is 5.75 Å². The van der Waals surface area contributed by atoms with E-state index < -0.39 is 35.1 Å². The second kappa shape index (κ2) is 12.1. The minimum Gasteiger partial charge on any atom is -0.489 e. The van der Waals surface area contributed by atoms with Gasteiger partial charge in [0.1, 0.15) is 12.4 Å². The average Bonchev–Trinajstić information content (AvgIpc) is 3.05. The predicted octanol–water partition coefficient (Wildman–Crippen LogP) is 9.71. The van der Waals surface area contributed by atoms with Crippen molar-refractivity contribution in [3.63, 3.8) is 0 Å². The lowest BCUT2D eigenvalue weighted by Gasteiger charge is -2.61. The van der Waals surface area contributed by atoms with E-state index in [1.54, 1.807) is 0 Å². The maximum atomic E-state index is 15.6. The largest absolute Gasteiger partial charge is 0.489 e. The first-order valence-corrected chi connectivity index (χ1v) is 17.8. The summed E-state index contributed by atoms with van der Waals surface area (Å²) in [4.78, 5) is 0. The Morgan fingerprint density at radius 3 is 2.23 bits per heavy atom. The van der Waals surface area contributed by atoms with Crippen LogP contribution in [0.15, 0.2) is 65.7 Å². The Morgan fingerprint density at radius 1 is 0.875 bits per heavy atom. The van der Waals surface area contributed by atoms with Crippen molar-refractivity contribution in [2.75, 3.05) is 13.2 Å². The quantitative estimate of drug-likeness (QED) is 0.254. The maximum Gasteiger partial charge on any atom is 0.422 e. The number of rotatable bonds is 5. The smallest absolute Gasteiger partial charge is 0.422 e. The number of aliphatic hydroxyl groups excluding tert-OH is 1. The van der Waals surface area contributed by atoms with E-state index in [4.69, 9.17) is 14.2 Å². The molecule has 8 atom stereocenters. The first-order chi connectivity index (χ1) is 22.6. The summed E-state index contributed by atoms with van der Waals surface area (Å²) in [5.41, 5.74) is 0.646. The zero-order valence-corrected chi connectivity index (χ0v) is 28.6. The first-order valence-electron chi connectivity index (χ1n) is 17.8. The number of ether oxygens (including phenoxy) is 3. The van der Waals surface area contributed by atoms with Gasteiger partial charge in [-0.2, -0.15) is 13.2 Å². The molecule has 48 heavy (non-hydrogen) atoms. The Kier molecular flexibility index (Phi) is 8.60. The third kappa shape index (κ3) is 5.91. The van der Waals surface area contributed by atoms with E-state index in [9.17, 15) is 18.3 Å². The normalized spacial score (nSPS) is 35.6. The molecular weight excluding hydrogens is 620 g/mol. The number of alkyl halides is 4. The van der Waals surface area contributed by atoms with Crippen LogP contribution in [-0.4, -0.2) is 42.1 Å². The SMILES string of the molecule is CC1(C)COC2(CCC3=C4C(CCC3C2)C2CC[C@@H](C(C)(F)C(F)(F)F)C(O)C2(C)C[C@@H]4c2ccc(OCc3ccccc3)cc2)OC1. The number of hydrogen-bond donors (Lipinski definition) is 1. The maximum absolute atomic E-state index is 15.6. The second-order valence-corrected chi connectivity index (χ2v) is 16.6. The van der Waals surface area contributed by atoms with Crippen molar-refractivity contribution in [3.8, 4) is 5.75 Å². The van der Waals surface area contributed by atoms with Crippen molar-refractivity contribution in [1.29, 1.82) is 0 Å². The third-order valence-electron chi connectivity index (χ3n) is 12.9. The second-order valence-electron chi connectivity index (χ2n) is 16.6. The van der Waals surface area contributed by atoms with Gasteiger partial charge >= 0.3 is 6.18 Å². The Bertz CT molecular complexity index is 1490. The molecule has 6 unspecified atom stereocenters. The molecular formula is C40H50F4O4. The van der Waals surface area contributed by atoms with Gasteiger partial charge in [0.15, 0.2) is 5.79 Å². The highest BCUT2D eigenvalue weighted by Crippen LogP contribution is 2.66. The molecule has 1 heterocycles. The minimum absolute atomic E-state index is 0.0140. The molecule has 1 N–H and O–H groups in total. The summed E-state index contributed by atoms with van der Waals surface area (Å²) in [6.07, 6.45) is -1.19. The molecule has 0 radical (unpaired) electrons. The molecule has 1 aliphatic heterocycles. The van der Waals surface area contributed by atoms with Crippen LogP contribution in [0, 0.1) is 34.5 Å². The number of aliphatic hydroxyl groups is 1. The third-order valence-corrected chi connectivity index (χ3v) is 12.9. The molecule has 4 nitrogen and oxygen atoms in total. The van der Waals surface area contributed by atoms with Gasteiger partial charge in [0, 0.05) is 30.1 Å². The summed E-state index contributed by atoms with van der Waals surface area (Å²) >= 11 is 0. The van der Waals surface area contributed by atoms with Crippen molar-refractivity contribution in [3.05, 3.63) is 76.9 Å². The molecule has 4 fully saturated rings. The van der Waals surface area contributed by atoms with Crippen LogP contribution < -0.4 is 4.74 Å². The van der Waals surface area contributed by atoms with Gasteiger partial charge in [-0.05, 0) is 91.9 Å². The van der Waals surface area contributed by atoms with Crippen LogP contribution >= 0.6 is 0 Å². The molecule has 1 spiro atoms. The Morgan fingerprint density at radius 2 is 1.56 bits per heavy atom. The van der Waals surface area contributed by atoms with Gasteiger partial charge in [-0.15, -0.1) is 0 Å². The fraction of sp³-hybridized carbons (Fsp3) is 0.650. The fourth-order valence-electron chi connectivity index (χ4n) is 10.1. The molecule has 0 amide bonds. The van der Waals surface area contributed by atoms with Crippen molar-refractivity contribution in [2.24, 2.45) is 34.5 Å². The number of fused-ring (bicyclic) bond motifs is 4. The summed E-state index contributed by atoms with van der Waals surface area (Å²) < 4.78 is 76.6. The zero-order chi connectivity index (χ0) is 34.1. The van der Waals surface area contributed by atoms with E-state index in [1.807, 2.05) is 49.4 Å². The minimum atomic E-state index is -5.05. The van der Waals surface area contributed by atoms with Gasteiger partial charge in [0.2, 0.25) is 5.67 Å². The van der Waals surface area contributed by atoms with Crippen molar-refractivity contribution < 1.29 is 36.9 Å². The highest BCUT2D eigenvalue weighted by Gasteiger charge is 2.66. The molecule has 5 aliphatic rings. The molecule has 0 bridgehead atoms. The average molecular weight is 671 g/mol. The van der Waals surface area contributed by atoms with E-state index in [1.165, 1.54) is 11.1 Å². The van der Waals surface area contributed by atoms with Crippen LogP contribution in [0.1, 0.15) is 96.1 Å². The van der Waals surface area contributed by atoms with Crippen LogP contribution in [0.2, 0.25) is 0 Å². The van der Waals surface area contributed by atoms with Gasteiger partial charge in [0.25, 0.3) is 0 Å². The lowest BCUT2D eigenvalue weighted by molar-refractivity contribution is -0.312. The molecule has 0 aromatic heterocycles. The van der Waals surface area contributed by atoms with Gasteiger partial charge in [-0.25, -0.2) is 4.39 Å². The van der Waals surface area contributed by atoms with Crippen LogP contribution in [-0.2, 0) is 16.1 Å².